The number of carbonyl (C=O) groups is 3. The summed E-state index contributed by atoms with van der Waals surface area (Å²) in [5.41, 5.74) is 2.77. The van der Waals surface area contributed by atoms with Crippen LogP contribution in [0.5, 0.6) is 0 Å². The van der Waals surface area contributed by atoms with Crippen LogP contribution in [0.2, 0.25) is 5.02 Å². The maximum absolute atomic E-state index is 13.2. The molecule has 2 heterocycles. The molecule has 8 heteroatoms. The first kappa shape index (κ1) is 19.6. The van der Waals surface area contributed by atoms with Gasteiger partial charge in [0.25, 0.3) is 5.91 Å². The highest BCUT2D eigenvalue weighted by molar-refractivity contribution is 6.30. The van der Waals surface area contributed by atoms with E-state index in [9.17, 15) is 14.4 Å². The second kappa shape index (κ2) is 7.42. The second-order valence-electron chi connectivity index (χ2n) is 7.99. The standard InChI is InChI=1S/C23H21ClN4O3/c24-16-5-6-18-14(11-16)7-9-23(18)21(30)28(22(31)27-23)13-20(29)25-10-8-15-12-26-19-4-2-1-3-17(15)19/h1-6,11-12,26H,7-10,13H2,(H,25,29)(H,27,31)/t23-/m1/s1. The van der Waals surface area contributed by atoms with Crippen molar-refractivity contribution in [1.82, 2.24) is 20.5 Å². The summed E-state index contributed by atoms with van der Waals surface area (Å²) in [4.78, 5) is 42.4. The molecule has 158 valence electrons. The zero-order chi connectivity index (χ0) is 21.6. The number of nitrogens with one attached hydrogen (secondary N) is 3. The molecule has 1 aromatic heterocycles. The number of para-hydroxylation sites is 1. The maximum Gasteiger partial charge on any atom is 0.325 e. The van der Waals surface area contributed by atoms with Crippen LogP contribution in [0.25, 0.3) is 10.9 Å². The average Bonchev–Trinajstić information content (AvgIpc) is 3.40. The SMILES string of the molecule is O=C(CN1C(=O)N[C@@]2(CCc3cc(Cl)ccc32)C1=O)NCCc1c[nH]c2ccccc12. The maximum atomic E-state index is 13.2. The number of imide groups is 1. The van der Waals surface area contributed by atoms with E-state index in [1.165, 1.54) is 0 Å². The summed E-state index contributed by atoms with van der Waals surface area (Å²) < 4.78 is 0. The molecular weight excluding hydrogens is 416 g/mol. The molecule has 7 nitrogen and oxygen atoms in total. The van der Waals surface area contributed by atoms with Gasteiger partial charge in [0.05, 0.1) is 0 Å². The average molecular weight is 437 g/mol. The highest BCUT2D eigenvalue weighted by atomic mass is 35.5. The molecular formula is C23H21ClN4O3. The first-order chi connectivity index (χ1) is 15.0. The molecule has 5 rings (SSSR count). The fourth-order valence-corrected chi connectivity index (χ4v) is 4.83. The van der Waals surface area contributed by atoms with E-state index in [0.717, 1.165) is 32.5 Å². The molecule has 1 saturated heterocycles. The van der Waals surface area contributed by atoms with Crippen molar-refractivity contribution in [1.29, 1.82) is 0 Å². The lowest BCUT2D eigenvalue weighted by Gasteiger charge is -2.22. The third-order valence-corrected chi connectivity index (χ3v) is 6.40. The van der Waals surface area contributed by atoms with Crippen LogP contribution >= 0.6 is 11.6 Å². The first-order valence-corrected chi connectivity index (χ1v) is 10.6. The Morgan fingerprint density at radius 1 is 1.19 bits per heavy atom. The second-order valence-corrected chi connectivity index (χ2v) is 8.42. The van der Waals surface area contributed by atoms with E-state index in [0.29, 0.717) is 30.8 Å². The molecule has 31 heavy (non-hydrogen) atoms. The Labute approximate surface area is 183 Å². The third-order valence-electron chi connectivity index (χ3n) is 6.17. The molecule has 3 N–H and O–H groups in total. The Bertz CT molecular complexity index is 1220. The minimum Gasteiger partial charge on any atom is -0.361 e. The quantitative estimate of drug-likeness (QED) is 0.537. The lowest BCUT2D eigenvalue weighted by atomic mass is 9.92. The fourth-order valence-electron chi connectivity index (χ4n) is 4.64. The predicted molar refractivity (Wildman–Crippen MR) is 117 cm³/mol. The Morgan fingerprint density at radius 3 is 2.90 bits per heavy atom. The topological polar surface area (TPSA) is 94.3 Å². The molecule has 0 bridgehead atoms. The number of halogens is 1. The minimum atomic E-state index is -1.10. The summed E-state index contributed by atoms with van der Waals surface area (Å²) in [5.74, 6) is -0.750. The van der Waals surface area contributed by atoms with Crippen LogP contribution in [0.15, 0.2) is 48.7 Å². The van der Waals surface area contributed by atoms with Gasteiger partial charge in [0.15, 0.2) is 0 Å². The van der Waals surface area contributed by atoms with Gasteiger partial charge < -0.3 is 15.6 Å². The van der Waals surface area contributed by atoms with Gasteiger partial charge in [0, 0.05) is 28.7 Å². The van der Waals surface area contributed by atoms with Crippen LogP contribution in [0.4, 0.5) is 4.79 Å². The first-order valence-electron chi connectivity index (χ1n) is 10.2. The van der Waals surface area contributed by atoms with Crippen molar-refractivity contribution in [2.24, 2.45) is 0 Å². The van der Waals surface area contributed by atoms with Crippen molar-refractivity contribution in [3.8, 4) is 0 Å². The summed E-state index contributed by atoms with van der Waals surface area (Å²) in [6, 6.07) is 12.8. The van der Waals surface area contributed by atoms with E-state index in [4.69, 9.17) is 11.6 Å². The number of fused-ring (bicyclic) bond motifs is 3. The molecule has 1 atom stereocenters. The van der Waals surface area contributed by atoms with Crippen LogP contribution in [0.1, 0.15) is 23.1 Å². The summed E-state index contributed by atoms with van der Waals surface area (Å²) in [6.07, 6.45) is 3.69. The normalized spacial score (nSPS) is 19.8. The lowest BCUT2D eigenvalue weighted by molar-refractivity contribution is -0.135. The van der Waals surface area contributed by atoms with Crippen LogP contribution < -0.4 is 10.6 Å². The van der Waals surface area contributed by atoms with Crippen LogP contribution in [-0.2, 0) is 28.0 Å². The number of hydrogen-bond donors (Lipinski definition) is 3. The monoisotopic (exact) mass is 436 g/mol. The van der Waals surface area contributed by atoms with Crippen LogP contribution in [0.3, 0.4) is 0 Å². The Hall–Kier alpha value is -3.32. The number of H-pyrrole nitrogens is 1. The number of rotatable bonds is 5. The molecule has 1 spiro atoms. The number of urea groups is 1. The Balaban J connectivity index is 1.23. The third kappa shape index (κ3) is 3.25. The molecule has 1 fully saturated rings. The Morgan fingerprint density at radius 2 is 2.03 bits per heavy atom. The van der Waals surface area contributed by atoms with Gasteiger partial charge >= 0.3 is 6.03 Å². The molecule has 1 aliphatic carbocycles. The van der Waals surface area contributed by atoms with Crippen molar-refractivity contribution in [3.05, 3.63) is 70.4 Å². The fraction of sp³-hybridized carbons (Fsp3) is 0.261. The van der Waals surface area contributed by atoms with E-state index in [2.05, 4.69) is 15.6 Å². The van der Waals surface area contributed by atoms with Crippen molar-refractivity contribution in [2.75, 3.05) is 13.1 Å². The Kier molecular flexibility index (Phi) is 4.70. The summed E-state index contributed by atoms with van der Waals surface area (Å²) in [5, 5.41) is 7.35. The van der Waals surface area contributed by atoms with Crippen molar-refractivity contribution >= 4 is 40.3 Å². The van der Waals surface area contributed by atoms with Gasteiger partial charge in [-0.1, -0.05) is 35.9 Å². The van der Waals surface area contributed by atoms with Gasteiger partial charge in [-0.25, -0.2) is 4.79 Å². The summed E-state index contributed by atoms with van der Waals surface area (Å²) >= 11 is 6.06. The number of nitrogens with zero attached hydrogens (tertiary/aromatic N) is 1. The molecule has 2 aliphatic rings. The van der Waals surface area contributed by atoms with Crippen molar-refractivity contribution in [3.63, 3.8) is 0 Å². The lowest BCUT2D eigenvalue weighted by Crippen LogP contribution is -2.44. The number of benzene rings is 2. The number of aromatic nitrogens is 1. The van der Waals surface area contributed by atoms with Crippen LogP contribution in [0, 0.1) is 0 Å². The molecule has 2 aromatic carbocycles. The van der Waals surface area contributed by atoms with Gasteiger partial charge in [-0.2, -0.15) is 0 Å². The van der Waals surface area contributed by atoms with Gasteiger partial charge in [0.2, 0.25) is 5.91 Å². The summed E-state index contributed by atoms with van der Waals surface area (Å²) in [6.45, 7) is 0.111. The van der Waals surface area contributed by atoms with Crippen LogP contribution in [-0.4, -0.2) is 40.8 Å². The number of aryl methyl sites for hydroxylation is 1. The number of carbonyl (C=O) groups excluding carboxylic acids is 3. The largest absolute Gasteiger partial charge is 0.361 e. The number of aromatic amines is 1. The summed E-state index contributed by atoms with van der Waals surface area (Å²) in [7, 11) is 0. The van der Waals surface area contributed by atoms with E-state index in [1.54, 1.807) is 12.1 Å². The zero-order valence-corrected chi connectivity index (χ0v) is 17.5. The molecule has 0 radical (unpaired) electrons. The predicted octanol–water partition coefficient (Wildman–Crippen LogP) is 2.87. The number of hydrogen-bond acceptors (Lipinski definition) is 3. The van der Waals surface area contributed by atoms with Gasteiger partial charge in [-0.3, -0.25) is 14.5 Å². The number of amides is 4. The minimum absolute atomic E-state index is 0.302. The van der Waals surface area contributed by atoms with E-state index in [1.807, 2.05) is 36.5 Å². The molecule has 1 aliphatic heterocycles. The van der Waals surface area contributed by atoms with Crippen molar-refractivity contribution < 1.29 is 14.4 Å². The van der Waals surface area contributed by atoms with Crippen molar-refractivity contribution in [2.45, 2.75) is 24.8 Å². The molecule has 0 unspecified atom stereocenters. The highest BCUT2D eigenvalue weighted by Crippen LogP contribution is 2.42. The van der Waals surface area contributed by atoms with Gasteiger partial charge in [-0.05, 0) is 54.2 Å². The molecule has 3 aromatic rings. The van der Waals surface area contributed by atoms with Gasteiger partial charge in [-0.15, -0.1) is 0 Å². The van der Waals surface area contributed by atoms with E-state index >= 15 is 0 Å². The van der Waals surface area contributed by atoms with E-state index in [-0.39, 0.29) is 18.4 Å². The van der Waals surface area contributed by atoms with E-state index < -0.39 is 11.6 Å². The highest BCUT2D eigenvalue weighted by Gasteiger charge is 2.55. The molecule has 4 amide bonds. The zero-order valence-electron chi connectivity index (χ0n) is 16.7. The smallest absolute Gasteiger partial charge is 0.325 e. The molecule has 0 saturated carbocycles. The van der Waals surface area contributed by atoms with Gasteiger partial charge in [0.1, 0.15) is 12.1 Å².